The maximum absolute atomic E-state index is 12.3. The quantitative estimate of drug-likeness (QED) is 0.803. The van der Waals surface area contributed by atoms with Gasteiger partial charge in [0.15, 0.2) is 0 Å². The van der Waals surface area contributed by atoms with E-state index in [1.807, 2.05) is 0 Å². The monoisotopic (exact) mass is 270 g/mol. The van der Waals surface area contributed by atoms with Crippen LogP contribution in [0.1, 0.15) is 33.1 Å². The number of ether oxygens (including phenoxy) is 1. The number of amides is 2. The van der Waals surface area contributed by atoms with E-state index >= 15 is 0 Å². The highest BCUT2D eigenvalue weighted by Crippen LogP contribution is 2.29. The molecule has 2 fully saturated rings. The highest BCUT2D eigenvalue weighted by Gasteiger charge is 2.39. The van der Waals surface area contributed by atoms with Gasteiger partial charge in [-0.2, -0.15) is 0 Å². The lowest BCUT2D eigenvalue weighted by Crippen LogP contribution is -2.57. The maximum Gasteiger partial charge on any atom is 0.326 e. The Morgan fingerprint density at radius 2 is 2.11 bits per heavy atom. The fourth-order valence-electron chi connectivity index (χ4n) is 2.91. The summed E-state index contributed by atoms with van der Waals surface area (Å²) >= 11 is 0. The first kappa shape index (κ1) is 14.1. The largest absolute Gasteiger partial charge is 0.480 e. The molecule has 1 aliphatic carbocycles. The number of morpholine rings is 1. The molecule has 3 atom stereocenters. The van der Waals surface area contributed by atoms with E-state index in [1.54, 1.807) is 18.7 Å². The highest BCUT2D eigenvalue weighted by atomic mass is 16.5. The molecule has 1 aliphatic heterocycles. The van der Waals surface area contributed by atoms with Crippen molar-refractivity contribution in [2.45, 2.75) is 51.3 Å². The van der Waals surface area contributed by atoms with E-state index in [-0.39, 0.29) is 24.1 Å². The van der Waals surface area contributed by atoms with Crippen molar-refractivity contribution < 1.29 is 19.4 Å². The van der Waals surface area contributed by atoms with Crippen LogP contribution in [0.2, 0.25) is 0 Å². The first-order valence-corrected chi connectivity index (χ1v) is 6.92. The van der Waals surface area contributed by atoms with Gasteiger partial charge in [-0.15, -0.1) is 0 Å². The third-order valence-electron chi connectivity index (χ3n) is 3.95. The molecule has 6 heteroatoms. The number of carboxylic acid groups (broad SMARTS) is 1. The van der Waals surface area contributed by atoms with Gasteiger partial charge in [-0.1, -0.05) is 13.8 Å². The number of carboxylic acids is 1. The third kappa shape index (κ3) is 3.00. The average molecular weight is 270 g/mol. The van der Waals surface area contributed by atoms with E-state index in [9.17, 15) is 9.59 Å². The van der Waals surface area contributed by atoms with Crippen LogP contribution >= 0.6 is 0 Å². The Morgan fingerprint density at radius 3 is 2.74 bits per heavy atom. The number of aliphatic carboxylic acids is 1. The van der Waals surface area contributed by atoms with Crippen LogP contribution in [0, 0.1) is 5.92 Å². The standard InChI is InChI=1S/C13H22N2O4/c1-8(2)11(12(16)17)14-13(18)15-6-7-19-10-5-3-4-9(10)15/h8-11H,3-7H2,1-2H3,(H,14,18)(H,16,17). The summed E-state index contributed by atoms with van der Waals surface area (Å²) in [4.78, 5) is 25.1. The lowest BCUT2D eigenvalue weighted by molar-refractivity contribution is -0.140. The van der Waals surface area contributed by atoms with Gasteiger partial charge in [-0.05, 0) is 25.2 Å². The van der Waals surface area contributed by atoms with Crippen LogP contribution in [0.5, 0.6) is 0 Å². The van der Waals surface area contributed by atoms with Crippen molar-refractivity contribution in [1.29, 1.82) is 0 Å². The molecule has 6 nitrogen and oxygen atoms in total. The van der Waals surface area contributed by atoms with Crippen LogP contribution in [0.3, 0.4) is 0 Å². The summed E-state index contributed by atoms with van der Waals surface area (Å²) in [5.74, 6) is -1.12. The summed E-state index contributed by atoms with van der Waals surface area (Å²) in [6.45, 7) is 4.65. The van der Waals surface area contributed by atoms with Crippen molar-refractivity contribution in [1.82, 2.24) is 10.2 Å². The number of hydrogen-bond acceptors (Lipinski definition) is 3. The Kier molecular flexibility index (Phi) is 4.29. The minimum atomic E-state index is -0.986. The van der Waals surface area contributed by atoms with Gasteiger partial charge in [0.2, 0.25) is 0 Å². The van der Waals surface area contributed by atoms with Gasteiger partial charge in [0.05, 0.1) is 18.8 Å². The highest BCUT2D eigenvalue weighted by molar-refractivity contribution is 5.83. The third-order valence-corrected chi connectivity index (χ3v) is 3.95. The van der Waals surface area contributed by atoms with Crippen molar-refractivity contribution >= 4 is 12.0 Å². The fourth-order valence-corrected chi connectivity index (χ4v) is 2.91. The lowest BCUT2D eigenvalue weighted by Gasteiger charge is -2.38. The fraction of sp³-hybridized carbons (Fsp3) is 0.846. The SMILES string of the molecule is CC(C)C(NC(=O)N1CCOC2CCCC21)C(=O)O. The molecule has 108 valence electrons. The maximum atomic E-state index is 12.3. The number of rotatable bonds is 3. The number of hydrogen-bond donors (Lipinski definition) is 2. The van der Waals surface area contributed by atoms with E-state index in [4.69, 9.17) is 9.84 Å². The minimum Gasteiger partial charge on any atom is -0.480 e. The van der Waals surface area contributed by atoms with Gasteiger partial charge in [-0.3, -0.25) is 0 Å². The van der Waals surface area contributed by atoms with Crippen LogP contribution in [0.25, 0.3) is 0 Å². The number of nitrogens with one attached hydrogen (secondary N) is 1. The Hall–Kier alpha value is -1.30. The molecule has 0 radical (unpaired) electrons. The Bertz CT molecular complexity index is 359. The molecular formula is C13H22N2O4. The molecule has 1 saturated carbocycles. The van der Waals surface area contributed by atoms with Crippen molar-refractivity contribution in [2.24, 2.45) is 5.92 Å². The summed E-state index contributed by atoms with van der Waals surface area (Å²) < 4.78 is 5.64. The average Bonchev–Trinajstić information content (AvgIpc) is 2.82. The van der Waals surface area contributed by atoms with Gasteiger partial charge in [-0.25, -0.2) is 9.59 Å². The van der Waals surface area contributed by atoms with Crippen LogP contribution in [0.15, 0.2) is 0 Å². The summed E-state index contributed by atoms with van der Waals surface area (Å²) in [5, 5.41) is 11.8. The second kappa shape index (κ2) is 5.77. The molecule has 0 aromatic rings. The number of nitrogens with zero attached hydrogens (tertiary/aromatic N) is 1. The van der Waals surface area contributed by atoms with Crippen LogP contribution in [-0.4, -0.2) is 53.3 Å². The Balaban J connectivity index is 2.00. The first-order valence-electron chi connectivity index (χ1n) is 6.92. The molecule has 2 N–H and O–H groups in total. The van der Waals surface area contributed by atoms with Gasteiger partial charge in [0.1, 0.15) is 6.04 Å². The lowest BCUT2D eigenvalue weighted by atomic mass is 10.0. The van der Waals surface area contributed by atoms with E-state index in [0.717, 1.165) is 19.3 Å². The van der Waals surface area contributed by atoms with Crippen molar-refractivity contribution in [3.05, 3.63) is 0 Å². The van der Waals surface area contributed by atoms with E-state index in [0.29, 0.717) is 13.2 Å². The first-order chi connectivity index (χ1) is 9.00. The zero-order chi connectivity index (χ0) is 14.0. The molecule has 1 heterocycles. The molecule has 19 heavy (non-hydrogen) atoms. The van der Waals surface area contributed by atoms with E-state index < -0.39 is 12.0 Å². The smallest absolute Gasteiger partial charge is 0.326 e. The van der Waals surface area contributed by atoms with E-state index in [1.165, 1.54) is 0 Å². The molecular weight excluding hydrogens is 248 g/mol. The molecule has 0 bridgehead atoms. The molecule has 2 amide bonds. The number of fused-ring (bicyclic) bond motifs is 1. The molecule has 1 saturated heterocycles. The topological polar surface area (TPSA) is 78.9 Å². The second-order valence-electron chi connectivity index (χ2n) is 5.61. The number of urea groups is 1. The van der Waals surface area contributed by atoms with Crippen molar-refractivity contribution in [3.63, 3.8) is 0 Å². The van der Waals surface area contributed by atoms with E-state index in [2.05, 4.69) is 5.32 Å². The minimum absolute atomic E-state index is 0.107. The molecule has 3 unspecified atom stereocenters. The molecule has 2 rings (SSSR count). The predicted molar refractivity (Wildman–Crippen MR) is 68.9 cm³/mol. The Labute approximate surface area is 113 Å². The summed E-state index contributed by atoms with van der Waals surface area (Å²) in [7, 11) is 0. The number of carbonyl (C=O) groups is 2. The van der Waals surface area contributed by atoms with Crippen molar-refractivity contribution in [2.75, 3.05) is 13.2 Å². The molecule has 0 aromatic carbocycles. The van der Waals surface area contributed by atoms with Gasteiger partial charge < -0.3 is 20.1 Å². The van der Waals surface area contributed by atoms with Crippen LogP contribution in [-0.2, 0) is 9.53 Å². The second-order valence-corrected chi connectivity index (χ2v) is 5.61. The summed E-state index contributed by atoms with van der Waals surface area (Å²) in [6, 6.07) is -1.01. The molecule has 2 aliphatic rings. The van der Waals surface area contributed by atoms with Gasteiger partial charge in [0.25, 0.3) is 0 Å². The summed E-state index contributed by atoms with van der Waals surface area (Å²) in [5.41, 5.74) is 0. The summed E-state index contributed by atoms with van der Waals surface area (Å²) in [6.07, 6.45) is 3.12. The Morgan fingerprint density at radius 1 is 1.37 bits per heavy atom. The number of carbonyl (C=O) groups excluding carboxylic acids is 1. The van der Waals surface area contributed by atoms with Gasteiger partial charge >= 0.3 is 12.0 Å². The zero-order valence-electron chi connectivity index (χ0n) is 11.5. The predicted octanol–water partition coefficient (Wildman–Crippen LogP) is 1.06. The normalized spacial score (nSPS) is 28.1. The molecule has 0 aromatic heterocycles. The van der Waals surface area contributed by atoms with Gasteiger partial charge in [0, 0.05) is 6.54 Å². The zero-order valence-corrected chi connectivity index (χ0v) is 11.5. The van der Waals surface area contributed by atoms with Crippen molar-refractivity contribution in [3.8, 4) is 0 Å². The van der Waals surface area contributed by atoms with Crippen LogP contribution in [0.4, 0.5) is 4.79 Å². The van der Waals surface area contributed by atoms with Crippen LogP contribution < -0.4 is 5.32 Å². The molecule has 0 spiro atoms.